The van der Waals surface area contributed by atoms with Gasteiger partial charge in [0.15, 0.2) is 0 Å². The number of carbonyl (C=O) groups is 3. The van der Waals surface area contributed by atoms with Gasteiger partial charge >= 0.3 is 5.97 Å². The van der Waals surface area contributed by atoms with Crippen LogP contribution in [0.25, 0.3) is 0 Å². The molecule has 0 saturated heterocycles. The predicted octanol–water partition coefficient (Wildman–Crippen LogP) is 3.90. The molecule has 0 aliphatic carbocycles. The summed E-state index contributed by atoms with van der Waals surface area (Å²) in [5.41, 5.74) is 4.63. The molecular formula is C28H23N3O5. The lowest BCUT2D eigenvalue weighted by Gasteiger charge is -2.17. The first-order chi connectivity index (χ1) is 17.6. The van der Waals surface area contributed by atoms with Crippen molar-refractivity contribution in [1.82, 2.24) is 10.7 Å². The number of amides is 2. The van der Waals surface area contributed by atoms with E-state index in [1.54, 1.807) is 30.3 Å². The molecule has 1 aromatic heterocycles. The van der Waals surface area contributed by atoms with E-state index < -0.39 is 17.8 Å². The zero-order valence-corrected chi connectivity index (χ0v) is 19.2. The van der Waals surface area contributed by atoms with Gasteiger partial charge in [-0.3, -0.25) is 9.59 Å². The van der Waals surface area contributed by atoms with Crippen molar-refractivity contribution in [1.29, 1.82) is 0 Å². The minimum absolute atomic E-state index is 0.0881. The number of benzene rings is 3. The molecule has 4 aromatic rings. The second-order valence-corrected chi connectivity index (χ2v) is 7.70. The van der Waals surface area contributed by atoms with Crippen LogP contribution >= 0.6 is 0 Å². The van der Waals surface area contributed by atoms with E-state index in [2.05, 4.69) is 15.8 Å². The topological polar surface area (TPSA) is 110 Å². The number of ether oxygens (including phenoxy) is 1. The largest absolute Gasteiger partial charge is 0.457 e. The Bertz CT molecular complexity index is 1300. The first-order valence-electron chi connectivity index (χ1n) is 11.2. The number of furan rings is 1. The highest BCUT2D eigenvalue weighted by Gasteiger charge is 2.22. The van der Waals surface area contributed by atoms with Gasteiger partial charge in [-0.15, -0.1) is 0 Å². The highest BCUT2D eigenvalue weighted by atomic mass is 16.5. The highest BCUT2D eigenvalue weighted by Crippen LogP contribution is 2.24. The Labute approximate surface area is 207 Å². The summed E-state index contributed by atoms with van der Waals surface area (Å²) in [6.45, 7) is -0.243. The van der Waals surface area contributed by atoms with E-state index in [4.69, 9.17) is 9.15 Å². The Morgan fingerprint density at radius 3 is 2.19 bits per heavy atom. The highest BCUT2D eigenvalue weighted by molar-refractivity contribution is 5.91. The van der Waals surface area contributed by atoms with Gasteiger partial charge in [0.1, 0.15) is 5.75 Å². The van der Waals surface area contributed by atoms with Crippen molar-refractivity contribution < 1.29 is 23.5 Å². The quantitative estimate of drug-likeness (QED) is 0.163. The lowest BCUT2D eigenvalue weighted by Crippen LogP contribution is -2.37. The Kier molecular flexibility index (Phi) is 8.01. The van der Waals surface area contributed by atoms with Crippen molar-refractivity contribution in [3.05, 3.63) is 126 Å². The standard InChI is InChI=1S/C28H23N3O5/c32-25(19-29-27(33)26(21-10-3-1-4-11-21)22-12-5-2-6-13-22)31-30-18-20-9-7-14-23(17-20)36-28(34)24-15-8-16-35-24/h1-18,26H,19H2,(H,29,33)(H,31,32)/b30-18-. The van der Waals surface area contributed by atoms with Crippen LogP contribution in [0.1, 0.15) is 33.2 Å². The fourth-order valence-corrected chi connectivity index (χ4v) is 3.48. The van der Waals surface area contributed by atoms with Crippen LogP contribution in [0, 0.1) is 0 Å². The van der Waals surface area contributed by atoms with Crippen LogP contribution in [-0.2, 0) is 9.59 Å². The van der Waals surface area contributed by atoms with Crippen LogP contribution in [0.5, 0.6) is 5.75 Å². The summed E-state index contributed by atoms with van der Waals surface area (Å²) in [5.74, 6) is -1.56. The summed E-state index contributed by atoms with van der Waals surface area (Å²) in [6.07, 6.45) is 2.79. The third kappa shape index (κ3) is 6.54. The van der Waals surface area contributed by atoms with Gasteiger partial charge in [-0.05, 0) is 41.0 Å². The van der Waals surface area contributed by atoms with Crippen molar-refractivity contribution in [2.24, 2.45) is 5.10 Å². The molecule has 0 atom stereocenters. The fourth-order valence-electron chi connectivity index (χ4n) is 3.48. The Balaban J connectivity index is 1.31. The van der Waals surface area contributed by atoms with Crippen LogP contribution in [0.4, 0.5) is 0 Å². The number of hydrazone groups is 1. The van der Waals surface area contributed by atoms with Gasteiger partial charge in [0.2, 0.25) is 11.7 Å². The van der Waals surface area contributed by atoms with Crippen molar-refractivity contribution in [3.63, 3.8) is 0 Å². The van der Waals surface area contributed by atoms with Crippen LogP contribution < -0.4 is 15.5 Å². The van der Waals surface area contributed by atoms with Crippen LogP contribution in [-0.4, -0.2) is 30.5 Å². The van der Waals surface area contributed by atoms with Crippen molar-refractivity contribution >= 4 is 24.0 Å². The second kappa shape index (κ2) is 11.9. The minimum Gasteiger partial charge on any atom is -0.457 e. The van der Waals surface area contributed by atoms with E-state index in [-0.39, 0.29) is 18.2 Å². The molecule has 0 aliphatic heterocycles. The monoisotopic (exact) mass is 481 g/mol. The molecule has 8 nitrogen and oxygen atoms in total. The number of rotatable bonds is 9. The first kappa shape index (κ1) is 24.2. The molecule has 0 fully saturated rings. The minimum atomic E-state index is -0.623. The van der Waals surface area contributed by atoms with Gasteiger partial charge in [0.05, 0.1) is 24.9 Å². The lowest BCUT2D eigenvalue weighted by atomic mass is 9.90. The number of esters is 1. The molecule has 0 radical (unpaired) electrons. The third-order valence-electron chi connectivity index (χ3n) is 5.15. The molecule has 0 unspecified atom stereocenters. The molecule has 8 heteroatoms. The lowest BCUT2D eigenvalue weighted by molar-refractivity contribution is -0.126. The molecule has 1 heterocycles. The predicted molar refractivity (Wildman–Crippen MR) is 134 cm³/mol. The maximum Gasteiger partial charge on any atom is 0.379 e. The Morgan fingerprint density at radius 1 is 0.861 bits per heavy atom. The van der Waals surface area contributed by atoms with Gasteiger partial charge in [-0.1, -0.05) is 72.8 Å². The van der Waals surface area contributed by atoms with Gasteiger partial charge in [-0.25, -0.2) is 10.2 Å². The summed E-state index contributed by atoms with van der Waals surface area (Å²) >= 11 is 0. The molecule has 3 aromatic carbocycles. The number of hydrogen-bond acceptors (Lipinski definition) is 6. The number of nitrogens with one attached hydrogen (secondary N) is 2. The summed E-state index contributed by atoms with van der Waals surface area (Å²) in [6, 6.07) is 28.4. The number of carbonyl (C=O) groups excluding carboxylic acids is 3. The smallest absolute Gasteiger partial charge is 0.379 e. The molecule has 0 aliphatic rings. The number of nitrogens with zero attached hydrogens (tertiary/aromatic N) is 1. The molecule has 2 amide bonds. The maximum absolute atomic E-state index is 13.0. The van der Waals surface area contributed by atoms with Gasteiger partial charge in [-0.2, -0.15) is 5.10 Å². The third-order valence-corrected chi connectivity index (χ3v) is 5.15. The fraction of sp³-hybridized carbons (Fsp3) is 0.0714. The summed E-state index contributed by atoms with van der Waals surface area (Å²) in [5, 5.41) is 6.60. The van der Waals surface area contributed by atoms with Gasteiger partial charge < -0.3 is 14.5 Å². The normalized spacial score (nSPS) is 10.8. The van der Waals surface area contributed by atoms with E-state index in [0.717, 1.165) is 11.1 Å². The zero-order chi connectivity index (χ0) is 25.2. The average Bonchev–Trinajstić information content (AvgIpc) is 3.45. The number of hydrogen-bond donors (Lipinski definition) is 2. The van der Waals surface area contributed by atoms with E-state index in [0.29, 0.717) is 11.3 Å². The SMILES string of the molecule is O=C(CNC(=O)C(c1ccccc1)c1ccccc1)N/N=C\c1cccc(OC(=O)c2ccco2)c1. The van der Waals surface area contributed by atoms with E-state index >= 15 is 0 Å². The van der Waals surface area contributed by atoms with Crippen LogP contribution in [0.15, 0.2) is 113 Å². The summed E-state index contributed by atoms with van der Waals surface area (Å²) in [4.78, 5) is 37.2. The molecule has 0 bridgehead atoms. The molecule has 180 valence electrons. The maximum atomic E-state index is 13.0. The van der Waals surface area contributed by atoms with E-state index in [9.17, 15) is 14.4 Å². The first-order valence-corrected chi connectivity index (χ1v) is 11.2. The molecular weight excluding hydrogens is 458 g/mol. The van der Waals surface area contributed by atoms with Crippen molar-refractivity contribution in [2.75, 3.05) is 6.54 Å². The van der Waals surface area contributed by atoms with Crippen LogP contribution in [0.2, 0.25) is 0 Å². The average molecular weight is 482 g/mol. The molecule has 2 N–H and O–H groups in total. The van der Waals surface area contributed by atoms with Crippen LogP contribution in [0.3, 0.4) is 0 Å². The Morgan fingerprint density at radius 2 is 1.56 bits per heavy atom. The Hall–Kier alpha value is -4.98. The van der Waals surface area contributed by atoms with Gasteiger partial charge in [0, 0.05) is 0 Å². The molecule has 0 spiro atoms. The van der Waals surface area contributed by atoms with Gasteiger partial charge in [0.25, 0.3) is 5.91 Å². The molecule has 0 saturated carbocycles. The van der Waals surface area contributed by atoms with E-state index in [1.807, 2.05) is 60.7 Å². The molecule has 4 rings (SSSR count). The van der Waals surface area contributed by atoms with E-state index in [1.165, 1.54) is 18.5 Å². The summed E-state index contributed by atoms with van der Waals surface area (Å²) < 4.78 is 10.3. The second-order valence-electron chi connectivity index (χ2n) is 7.70. The van der Waals surface area contributed by atoms with Crippen molar-refractivity contribution in [3.8, 4) is 5.75 Å². The summed E-state index contributed by atoms with van der Waals surface area (Å²) in [7, 11) is 0. The van der Waals surface area contributed by atoms with Crippen molar-refractivity contribution in [2.45, 2.75) is 5.92 Å². The zero-order valence-electron chi connectivity index (χ0n) is 19.2. The molecule has 36 heavy (non-hydrogen) atoms.